The van der Waals surface area contributed by atoms with Crippen LogP contribution in [0.5, 0.6) is 11.6 Å². The predicted molar refractivity (Wildman–Crippen MR) is 70.9 cm³/mol. The van der Waals surface area contributed by atoms with Gasteiger partial charge in [-0.2, -0.15) is 0 Å². The van der Waals surface area contributed by atoms with Crippen molar-refractivity contribution in [2.24, 2.45) is 5.73 Å². The largest absolute Gasteiger partial charge is 0.430 e. The first-order chi connectivity index (χ1) is 9.88. The minimum absolute atomic E-state index is 0.0564. The number of halogens is 2. The molecule has 0 aliphatic heterocycles. The van der Waals surface area contributed by atoms with Crippen LogP contribution in [0.25, 0.3) is 0 Å². The summed E-state index contributed by atoms with van der Waals surface area (Å²) in [5.74, 6) is -1.92. The van der Waals surface area contributed by atoms with Crippen LogP contribution in [0.15, 0.2) is 30.5 Å². The van der Waals surface area contributed by atoms with Crippen molar-refractivity contribution in [3.05, 3.63) is 57.0 Å². The molecule has 2 rings (SSSR count). The molecule has 0 spiro atoms. The number of nitro benzene ring substituents is 1. The first-order valence-corrected chi connectivity index (χ1v) is 5.83. The van der Waals surface area contributed by atoms with Gasteiger partial charge in [-0.25, -0.2) is 9.37 Å². The molecular formula is C12H7ClFN3O4. The fourth-order valence-electron chi connectivity index (χ4n) is 1.46. The summed E-state index contributed by atoms with van der Waals surface area (Å²) in [4.78, 5) is 24.7. The lowest BCUT2D eigenvalue weighted by Crippen LogP contribution is -2.11. The highest BCUT2D eigenvalue weighted by molar-refractivity contribution is 6.32. The molecule has 2 N–H and O–H groups in total. The van der Waals surface area contributed by atoms with E-state index in [2.05, 4.69) is 4.98 Å². The number of ether oxygens (including phenoxy) is 1. The molecule has 1 aromatic heterocycles. The summed E-state index contributed by atoms with van der Waals surface area (Å²) in [5.41, 5.74) is 4.54. The smallest absolute Gasteiger partial charge is 0.314 e. The maximum Gasteiger partial charge on any atom is 0.314 e. The van der Waals surface area contributed by atoms with Crippen LogP contribution in [0.3, 0.4) is 0 Å². The van der Waals surface area contributed by atoms with Gasteiger partial charge in [-0.15, -0.1) is 0 Å². The third kappa shape index (κ3) is 3.23. The number of pyridine rings is 1. The number of amides is 1. The third-order valence-corrected chi connectivity index (χ3v) is 2.69. The molecule has 1 heterocycles. The van der Waals surface area contributed by atoms with Gasteiger partial charge in [0.05, 0.1) is 16.6 Å². The normalized spacial score (nSPS) is 10.2. The second-order valence-electron chi connectivity index (χ2n) is 3.85. The van der Waals surface area contributed by atoms with Gasteiger partial charge >= 0.3 is 5.69 Å². The van der Waals surface area contributed by atoms with Gasteiger partial charge in [0.2, 0.25) is 17.5 Å². The van der Waals surface area contributed by atoms with E-state index in [0.29, 0.717) is 6.07 Å². The minimum Gasteiger partial charge on any atom is -0.430 e. The molecule has 0 aliphatic carbocycles. The molecule has 0 saturated carbocycles. The summed E-state index contributed by atoms with van der Waals surface area (Å²) in [6.45, 7) is 0. The minimum atomic E-state index is -0.801. The number of hydrogen-bond donors (Lipinski definition) is 1. The van der Waals surface area contributed by atoms with E-state index in [9.17, 15) is 19.3 Å². The summed E-state index contributed by atoms with van der Waals surface area (Å²) >= 11 is 5.85. The Labute approximate surface area is 122 Å². The molecule has 0 aliphatic rings. The van der Waals surface area contributed by atoms with Crippen molar-refractivity contribution < 1.29 is 18.8 Å². The fourth-order valence-corrected chi connectivity index (χ4v) is 1.66. The molecule has 0 saturated heterocycles. The van der Waals surface area contributed by atoms with E-state index in [1.54, 1.807) is 0 Å². The van der Waals surface area contributed by atoms with Gasteiger partial charge in [0, 0.05) is 6.20 Å². The number of nitrogens with zero attached hydrogens (tertiary/aromatic N) is 2. The number of benzene rings is 1. The van der Waals surface area contributed by atoms with Crippen molar-refractivity contribution in [1.82, 2.24) is 4.98 Å². The summed E-state index contributed by atoms with van der Waals surface area (Å²) in [7, 11) is 0. The Kier molecular flexibility index (Phi) is 3.99. The summed E-state index contributed by atoms with van der Waals surface area (Å²) in [5, 5.41) is 10.8. The molecule has 0 fully saturated rings. The maximum absolute atomic E-state index is 13.0. The Morgan fingerprint density at radius 1 is 1.43 bits per heavy atom. The number of nitro groups is 1. The van der Waals surface area contributed by atoms with E-state index >= 15 is 0 Å². The SMILES string of the molecule is NC(=O)c1cnc(Oc2ccc(F)cc2[N+](=O)[O-])c(Cl)c1. The lowest BCUT2D eigenvalue weighted by atomic mass is 10.2. The molecular weight excluding hydrogens is 305 g/mol. The van der Waals surface area contributed by atoms with Crippen LogP contribution in [-0.4, -0.2) is 15.8 Å². The summed E-state index contributed by atoms with van der Waals surface area (Å²) in [6, 6.07) is 3.99. The van der Waals surface area contributed by atoms with E-state index in [1.807, 2.05) is 0 Å². The predicted octanol–water partition coefficient (Wildman–Crippen LogP) is 2.67. The van der Waals surface area contributed by atoms with Crippen molar-refractivity contribution in [2.75, 3.05) is 0 Å². The van der Waals surface area contributed by atoms with E-state index in [1.165, 1.54) is 6.07 Å². The molecule has 1 aromatic carbocycles. The number of rotatable bonds is 4. The molecule has 0 unspecified atom stereocenters. The highest BCUT2D eigenvalue weighted by Crippen LogP contribution is 2.34. The van der Waals surface area contributed by atoms with Crippen LogP contribution in [0.4, 0.5) is 10.1 Å². The molecule has 0 radical (unpaired) electrons. The Hall–Kier alpha value is -2.74. The Morgan fingerprint density at radius 2 is 2.14 bits per heavy atom. The zero-order valence-corrected chi connectivity index (χ0v) is 11.0. The van der Waals surface area contributed by atoms with Gasteiger partial charge in [0.25, 0.3) is 0 Å². The number of primary amides is 1. The quantitative estimate of drug-likeness (QED) is 0.689. The van der Waals surface area contributed by atoms with E-state index in [4.69, 9.17) is 22.1 Å². The molecule has 9 heteroatoms. The second kappa shape index (κ2) is 5.71. The molecule has 7 nitrogen and oxygen atoms in total. The number of aromatic nitrogens is 1. The van der Waals surface area contributed by atoms with E-state index < -0.39 is 22.3 Å². The molecule has 0 bridgehead atoms. The molecule has 108 valence electrons. The zero-order valence-electron chi connectivity index (χ0n) is 10.2. The average Bonchev–Trinajstić information content (AvgIpc) is 2.42. The van der Waals surface area contributed by atoms with Gasteiger partial charge in [0.15, 0.2) is 0 Å². The van der Waals surface area contributed by atoms with Gasteiger partial charge in [0.1, 0.15) is 10.8 Å². The second-order valence-corrected chi connectivity index (χ2v) is 4.25. The van der Waals surface area contributed by atoms with Crippen LogP contribution in [0, 0.1) is 15.9 Å². The van der Waals surface area contributed by atoms with Crippen LogP contribution in [0.1, 0.15) is 10.4 Å². The van der Waals surface area contributed by atoms with Gasteiger partial charge in [-0.3, -0.25) is 14.9 Å². The van der Waals surface area contributed by atoms with Crippen LogP contribution in [-0.2, 0) is 0 Å². The lowest BCUT2D eigenvalue weighted by molar-refractivity contribution is -0.385. The van der Waals surface area contributed by atoms with Crippen LogP contribution >= 0.6 is 11.6 Å². The van der Waals surface area contributed by atoms with Gasteiger partial charge in [-0.05, 0) is 18.2 Å². The monoisotopic (exact) mass is 311 g/mol. The Bertz CT molecular complexity index is 738. The number of carbonyl (C=O) groups is 1. The highest BCUT2D eigenvalue weighted by atomic mass is 35.5. The zero-order chi connectivity index (χ0) is 15.6. The van der Waals surface area contributed by atoms with Crippen molar-refractivity contribution in [1.29, 1.82) is 0 Å². The van der Waals surface area contributed by atoms with Gasteiger partial charge in [-0.1, -0.05) is 11.6 Å². The fraction of sp³-hybridized carbons (Fsp3) is 0. The standard InChI is InChI=1S/C12H7ClFN3O4/c13-8-3-6(11(15)18)5-16-12(8)21-10-2-1-7(14)4-9(10)17(19)20/h1-5H,(H2,15,18). The average molecular weight is 312 g/mol. The summed E-state index contributed by atoms with van der Waals surface area (Å²) < 4.78 is 18.2. The third-order valence-electron chi connectivity index (χ3n) is 2.42. The molecule has 2 aromatic rings. The maximum atomic E-state index is 13.0. The molecule has 1 amide bonds. The lowest BCUT2D eigenvalue weighted by Gasteiger charge is -2.07. The topological polar surface area (TPSA) is 108 Å². The van der Waals surface area contributed by atoms with Crippen LogP contribution in [0.2, 0.25) is 5.02 Å². The van der Waals surface area contributed by atoms with Gasteiger partial charge < -0.3 is 10.5 Å². The van der Waals surface area contributed by atoms with Crippen molar-refractivity contribution in [2.45, 2.75) is 0 Å². The van der Waals surface area contributed by atoms with Crippen LogP contribution < -0.4 is 10.5 Å². The van der Waals surface area contributed by atoms with Crippen molar-refractivity contribution in [3.8, 4) is 11.6 Å². The van der Waals surface area contributed by atoms with E-state index in [-0.39, 0.29) is 22.2 Å². The Morgan fingerprint density at radius 3 is 2.71 bits per heavy atom. The highest BCUT2D eigenvalue weighted by Gasteiger charge is 2.19. The Balaban J connectivity index is 2.39. The molecule has 0 atom stereocenters. The first kappa shape index (κ1) is 14.7. The van der Waals surface area contributed by atoms with E-state index in [0.717, 1.165) is 18.3 Å². The van der Waals surface area contributed by atoms with Crippen molar-refractivity contribution in [3.63, 3.8) is 0 Å². The number of hydrogen-bond acceptors (Lipinski definition) is 5. The molecule has 21 heavy (non-hydrogen) atoms. The number of carbonyl (C=O) groups excluding carboxylic acids is 1. The summed E-state index contributed by atoms with van der Waals surface area (Å²) in [6.07, 6.45) is 1.11. The van der Waals surface area contributed by atoms with Crippen molar-refractivity contribution >= 4 is 23.2 Å². The number of nitrogens with two attached hydrogens (primary N) is 1. The first-order valence-electron chi connectivity index (χ1n) is 5.45.